The second-order valence-electron chi connectivity index (χ2n) is 6.15. The average molecular weight is 379 g/mol. The van der Waals surface area contributed by atoms with E-state index in [1.54, 1.807) is 17.8 Å². The van der Waals surface area contributed by atoms with Crippen molar-refractivity contribution in [2.24, 2.45) is 0 Å². The van der Waals surface area contributed by atoms with Crippen LogP contribution in [-0.4, -0.2) is 27.9 Å². The molecule has 4 nitrogen and oxygen atoms in total. The summed E-state index contributed by atoms with van der Waals surface area (Å²) in [7, 11) is 0. The summed E-state index contributed by atoms with van der Waals surface area (Å²) in [6.07, 6.45) is 3.65. The van der Waals surface area contributed by atoms with Gasteiger partial charge in [-0.25, -0.2) is 13.8 Å². The standard InChI is InChI=1S/C19H19F2NO3S/c20-14-10-12(11-15(21)19(14)25-9-3-8-18(23)24)16-6-2-7-17(22-16)26-13-4-1-5-13/h2,6-7,10-11,13H,1,3-5,8-9H2,(H,23,24). The van der Waals surface area contributed by atoms with Crippen molar-refractivity contribution in [2.45, 2.75) is 42.4 Å². The minimum atomic E-state index is -0.976. The fourth-order valence-corrected chi connectivity index (χ4v) is 3.76. The molecule has 0 amide bonds. The second kappa shape index (κ2) is 8.49. The molecule has 0 bridgehead atoms. The molecule has 0 atom stereocenters. The van der Waals surface area contributed by atoms with Crippen LogP contribution in [0, 0.1) is 11.6 Å². The number of halogens is 2. The molecule has 1 aromatic carbocycles. The van der Waals surface area contributed by atoms with E-state index in [0.29, 0.717) is 16.5 Å². The van der Waals surface area contributed by atoms with Gasteiger partial charge >= 0.3 is 5.97 Å². The molecule has 1 N–H and O–H groups in total. The van der Waals surface area contributed by atoms with Crippen molar-refractivity contribution < 1.29 is 23.4 Å². The highest BCUT2D eigenvalue weighted by molar-refractivity contribution is 7.99. The second-order valence-corrected chi connectivity index (χ2v) is 7.47. The number of carbonyl (C=O) groups is 1. The summed E-state index contributed by atoms with van der Waals surface area (Å²) in [6.45, 7) is -0.0642. The number of hydrogen-bond acceptors (Lipinski definition) is 4. The molecule has 1 saturated carbocycles. The Morgan fingerprint density at radius 2 is 2.00 bits per heavy atom. The van der Waals surface area contributed by atoms with E-state index in [1.807, 2.05) is 12.1 Å². The first kappa shape index (κ1) is 18.6. The van der Waals surface area contributed by atoms with Crippen molar-refractivity contribution in [3.8, 4) is 17.0 Å². The molecular weight excluding hydrogens is 360 g/mol. The van der Waals surface area contributed by atoms with Gasteiger partial charge in [-0.15, -0.1) is 11.8 Å². The molecular formula is C19H19F2NO3S. The largest absolute Gasteiger partial charge is 0.488 e. The molecule has 1 fully saturated rings. The first-order valence-electron chi connectivity index (χ1n) is 8.50. The van der Waals surface area contributed by atoms with Crippen molar-refractivity contribution in [2.75, 3.05) is 6.61 Å². The highest BCUT2D eigenvalue weighted by atomic mass is 32.2. The Kier molecular flexibility index (Phi) is 6.08. The summed E-state index contributed by atoms with van der Waals surface area (Å²) in [4.78, 5) is 14.9. The molecule has 0 spiro atoms. The van der Waals surface area contributed by atoms with E-state index in [1.165, 1.54) is 31.4 Å². The van der Waals surface area contributed by atoms with Gasteiger partial charge in [0.25, 0.3) is 0 Å². The molecule has 1 heterocycles. The lowest BCUT2D eigenvalue weighted by Crippen LogP contribution is -2.12. The fourth-order valence-electron chi connectivity index (χ4n) is 2.54. The summed E-state index contributed by atoms with van der Waals surface area (Å²) in [6, 6.07) is 7.83. The van der Waals surface area contributed by atoms with Gasteiger partial charge in [-0.3, -0.25) is 4.79 Å². The maximum Gasteiger partial charge on any atom is 0.303 e. The molecule has 2 aromatic rings. The minimum Gasteiger partial charge on any atom is -0.488 e. The van der Waals surface area contributed by atoms with Gasteiger partial charge in [0.1, 0.15) is 0 Å². The predicted molar refractivity (Wildman–Crippen MR) is 95.4 cm³/mol. The molecule has 7 heteroatoms. The van der Waals surface area contributed by atoms with Crippen molar-refractivity contribution in [3.05, 3.63) is 42.0 Å². The fraction of sp³-hybridized carbons (Fsp3) is 0.368. The molecule has 0 unspecified atom stereocenters. The molecule has 1 aromatic heterocycles. The topological polar surface area (TPSA) is 59.4 Å². The molecule has 138 valence electrons. The Morgan fingerprint density at radius 3 is 2.62 bits per heavy atom. The highest BCUT2D eigenvalue weighted by Crippen LogP contribution is 2.36. The van der Waals surface area contributed by atoms with E-state index >= 15 is 0 Å². The third kappa shape index (κ3) is 4.72. The van der Waals surface area contributed by atoms with E-state index in [-0.39, 0.29) is 19.4 Å². The van der Waals surface area contributed by atoms with Gasteiger partial charge in [-0.2, -0.15) is 0 Å². The van der Waals surface area contributed by atoms with E-state index in [0.717, 1.165) is 5.03 Å². The number of nitrogens with zero attached hydrogens (tertiary/aromatic N) is 1. The van der Waals surface area contributed by atoms with Crippen molar-refractivity contribution in [1.29, 1.82) is 0 Å². The van der Waals surface area contributed by atoms with Gasteiger partial charge in [0.05, 0.1) is 17.3 Å². The van der Waals surface area contributed by atoms with Crippen LogP contribution < -0.4 is 4.74 Å². The van der Waals surface area contributed by atoms with Gasteiger partial charge in [0.15, 0.2) is 17.4 Å². The third-order valence-corrected chi connectivity index (χ3v) is 5.41. The quantitative estimate of drug-likeness (QED) is 0.660. The summed E-state index contributed by atoms with van der Waals surface area (Å²) in [5, 5.41) is 9.99. The van der Waals surface area contributed by atoms with Gasteiger partial charge < -0.3 is 9.84 Å². The van der Waals surface area contributed by atoms with Crippen LogP contribution in [0.1, 0.15) is 32.1 Å². The van der Waals surface area contributed by atoms with Crippen molar-refractivity contribution >= 4 is 17.7 Å². The highest BCUT2D eigenvalue weighted by Gasteiger charge is 2.20. The number of pyridine rings is 1. The first-order valence-corrected chi connectivity index (χ1v) is 9.38. The number of ether oxygens (including phenoxy) is 1. The zero-order valence-electron chi connectivity index (χ0n) is 14.1. The number of hydrogen-bond donors (Lipinski definition) is 1. The van der Waals surface area contributed by atoms with Crippen LogP contribution in [-0.2, 0) is 4.79 Å². The molecule has 1 aliphatic rings. The lowest BCUT2D eigenvalue weighted by Gasteiger charge is -2.24. The Bertz CT molecular complexity index is 773. The normalized spacial score (nSPS) is 14.1. The van der Waals surface area contributed by atoms with Gasteiger partial charge in [0.2, 0.25) is 0 Å². The maximum atomic E-state index is 14.2. The first-order chi connectivity index (χ1) is 12.5. The summed E-state index contributed by atoms with van der Waals surface area (Å²) in [5.74, 6) is -3.11. The van der Waals surface area contributed by atoms with E-state index in [9.17, 15) is 13.6 Å². The van der Waals surface area contributed by atoms with Crippen LogP contribution >= 0.6 is 11.8 Å². The summed E-state index contributed by atoms with van der Waals surface area (Å²) < 4.78 is 33.6. The van der Waals surface area contributed by atoms with E-state index < -0.39 is 23.4 Å². The Hall–Kier alpha value is -2.15. The van der Waals surface area contributed by atoms with E-state index in [4.69, 9.17) is 9.84 Å². The van der Waals surface area contributed by atoms with Crippen LogP contribution in [0.3, 0.4) is 0 Å². The number of benzene rings is 1. The summed E-state index contributed by atoms with van der Waals surface area (Å²) >= 11 is 1.70. The van der Waals surface area contributed by atoms with Gasteiger partial charge in [-0.05, 0) is 43.5 Å². The molecule has 0 radical (unpaired) electrons. The SMILES string of the molecule is O=C(O)CCCOc1c(F)cc(-c2cccc(SC3CCC3)n2)cc1F. The zero-order valence-corrected chi connectivity index (χ0v) is 14.9. The number of carboxylic acids is 1. The van der Waals surface area contributed by atoms with Crippen LogP contribution in [0.5, 0.6) is 5.75 Å². The van der Waals surface area contributed by atoms with Crippen molar-refractivity contribution in [3.63, 3.8) is 0 Å². The zero-order chi connectivity index (χ0) is 18.5. The van der Waals surface area contributed by atoms with Crippen LogP contribution in [0.25, 0.3) is 11.3 Å². The number of thioether (sulfide) groups is 1. The minimum absolute atomic E-state index is 0.0642. The van der Waals surface area contributed by atoms with Crippen LogP contribution in [0.2, 0.25) is 0 Å². The van der Waals surface area contributed by atoms with Crippen LogP contribution in [0.15, 0.2) is 35.4 Å². The Labute approximate surface area is 154 Å². The third-order valence-electron chi connectivity index (χ3n) is 4.14. The van der Waals surface area contributed by atoms with Crippen molar-refractivity contribution in [1.82, 2.24) is 4.98 Å². The number of aromatic nitrogens is 1. The molecule has 3 rings (SSSR count). The lowest BCUT2D eigenvalue weighted by atomic mass is 10.0. The smallest absolute Gasteiger partial charge is 0.303 e. The Balaban J connectivity index is 1.72. The number of rotatable bonds is 8. The lowest BCUT2D eigenvalue weighted by molar-refractivity contribution is -0.137. The number of carboxylic acid groups (broad SMARTS) is 1. The summed E-state index contributed by atoms with van der Waals surface area (Å²) in [5.41, 5.74) is 0.846. The molecule has 0 saturated heterocycles. The number of aliphatic carboxylic acids is 1. The average Bonchev–Trinajstić information content (AvgIpc) is 2.56. The monoisotopic (exact) mass is 379 g/mol. The maximum absolute atomic E-state index is 14.2. The Morgan fingerprint density at radius 1 is 1.27 bits per heavy atom. The molecule has 26 heavy (non-hydrogen) atoms. The molecule has 0 aliphatic heterocycles. The van der Waals surface area contributed by atoms with Gasteiger partial charge in [0, 0.05) is 17.2 Å². The van der Waals surface area contributed by atoms with Gasteiger partial charge in [-0.1, -0.05) is 12.5 Å². The predicted octanol–water partition coefficient (Wildman–Crippen LogP) is 4.92. The molecule has 1 aliphatic carbocycles. The van der Waals surface area contributed by atoms with E-state index in [2.05, 4.69) is 4.98 Å². The van der Waals surface area contributed by atoms with Crippen LogP contribution in [0.4, 0.5) is 8.78 Å².